The Morgan fingerprint density at radius 3 is 2.41 bits per heavy atom. The van der Waals surface area contributed by atoms with E-state index in [1.165, 1.54) is 30.9 Å². The molecular formula is C16H28N2O3S. The summed E-state index contributed by atoms with van der Waals surface area (Å²) in [5, 5.41) is 6.89. The summed E-state index contributed by atoms with van der Waals surface area (Å²) in [7, 11) is 0. The summed E-state index contributed by atoms with van der Waals surface area (Å²) in [6.07, 6.45) is 6.05. The van der Waals surface area contributed by atoms with Gasteiger partial charge in [-0.1, -0.05) is 6.92 Å². The Morgan fingerprint density at radius 1 is 1.18 bits per heavy atom. The molecule has 3 aliphatic rings. The summed E-state index contributed by atoms with van der Waals surface area (Å²) in [5.74, 6) is 3.07. The van der Waals surface area contributed by atoms with Crippen molar-refractivity contribution in [3.05, 3.63) is 0 Å². The number of thioether (sulfide) groups is 1. The largest absolute Gasteiger partial charge is 0.483 e. The Bertz CT molecular complexity index is 382. The van der Waals surface area contributed by atoms with Crippen molar-refractivity contribution in [2.24, 2.45) is 5.41 Å². The predicted molar refractivity (Wildman–Crippen MR) is 89.2 cm³/mol. The maximum absolute atomic E-state index is 12.4. The topological polar surface area (TPSA) is 60.9 Å². The summed E-state index contributed by atoms with van der Waals surface area (Å²) < 4.78 is 0. The fourth-order valence-electron chi connectivity index (χ4n) is 3.34. The average molecular weight is 328 g/mol. The lowest BCUT2D eigenvalue weighted by Crippen LogP contribution is -2.42. The number of carboxylic acid groups (broad SMARTS) is 1. The number of carbonyl (C=O) groups excluding carboxylic acids is 1. The van der Waals surface area contributed by atoms with Crippen LogP contribution in [0.4, 0.5) is 0 Å². The van der Waals surface area contributed by atoms with Crippen LogP contribution in [0.5, 0.6) is 0 Å². The van der Waals surface area contributed by atoms with E-state index < -0.39 is 0 Å². The van der Waals surface area contributed by atoms with Gasteiger partial charge in [-0.25, -0.2) is 0 Å². The molecule has 3 rings (SSSR count). The van der Waals surface area contributed by atoms with E-state index in [-0.39, 0.29) is 11.9 Å². The van der Waals surface area contributed by atoms with Crippen molar-refractivity contribution in [2.45, 2.75) is 45.1 Å². The summed E-state index contributed by atoms with van der Waals surface area (Å²) >= 11 is 2.09. The van der Waals surface area contributed by atoms with Crippen LogP contribution in [-0.4, -0.2) is 71.0 Å². The van der Waals surface area contributed by atoms with E-state index >= 15 is 0 Å². The van der Waals surface area contributed by atoms with Crippen LogP contribution < -0.4 is 0 Å². The molecule has 1 amide bonds. The molecule has 6 heteroatoms. The molecule has 1 saturated carbocycles. The molecule has 0 spiro atoms. The first-order valence-corrected chi connectivity index (χ1v) is 9.45. The molecule has 1 aliphatic carbocycles. The molecule has 5 nitrogen and oxygen atoms in total. The van der Waals surface area contributed by atoms with Crippen LogP contribution in [0.1, 0.15) is 39.0 Å². The van der Waals surface area contributed by atoms with Crippen molar-refractivity contribution in [2.75, 3.05) is 37.7 Å². The van der Waals surface area contributed by atoms with Crippen LogP contribution in [0.3, 0.4) is 0 Å². The van der Waals surface area contributed by atoms with Crippen LogP contribution in [0, 0.1) is 5.41 Å². The van der Waals surface area contributed by atoms with Gasteiger partial charge in [0.2, 0.25) is 5.91 Å². The van der Waals surface area contributed by atoms with E-state index in [1.54, 1.807) is 0 Å². The quantitative estimate of drug-likeness (QED) is 0.785. The monoisotopic (exact) mass is 328 g/mol. The van der Waals surface area contributed by atoms with Gasteiger partial charge in [-0.2, -0.15) is 11.8 Å². The van der Waals surface area contributed by atoms with Crippen molar-refractivity contribution < 1.29 is 14.7 Å². The molecule has 0 aromatic heterocycles. The van der Waals surface area contributed by atoms with Gasteiger partial charge in [0, 0.05) is 37.6 Å². The zero-order valence-corrected chi connectivity index (χ0v) is 14.3. The number of hydrogen-bond donors (Lipinski definition) is 1. The van der Waals surface area contributed by atoms with Crippen LogP contribution in [0.15, 0.2) is 0 Å². The van der Waals surface area contributed by atoms with Gasteiger partial charge >= 0.3 is 0 Å². The third-order valence-corrected chi connectivity index (χ3v) is 6.09. The van der Waals surface area contributed by atoms with Crippen molar-refractivity contribution in [1.29, 1.82) is 0 Å². The molecule has 0 bridgehead atoms. The lowest BCUT2D eigenvalue weighted by Gasteiger charge is -2.33. The third-order valence-electron chi connectivity index (χ3n) is 5.04. The second-order valence-corrected chi connectivity index (χ2v) is 7.92. The first-order chi connectivity index (χ1) is 10.6. The van der Waals surface area contributed by atoms with E-state index in [9.17, 15) is 4.79 Å². The second kappa shape index (κ2) is 8.20. The van der Waals surface area contributed by atoms with Gasteiger partial charge < -0.3 is 10.0 Å². The average Bonchev–Trinajstić information content (AvgIpc) is 3.31. The van der Waals surface area contributed by atoms with E-state index in [2.05, 4.69) is 28.5 Å². The lowest BCUT2D eigenvalue weighted by molar-refractivity contribution is -0.136. The Labute approximate surface area is 137 Å². The SMILES string of the molecule is CC1(C(=O)N2CCCN(C3CCSCC3)CC2)CC1.O=CO. The molecule has 2 aliphatic heterocycles. The number of carbonyl (C=O) groups is 2. The van der Waals surface area contributed by atoms with Gasteiger partial charge in [0.05, 0.1) is 0 Å². The van der Waals surface area contributed by atoms with Crippen LogP contribution >= 0.6 is 11.8 Å². The van der Waals surface area contributed by atoms with Gasteiger partial charge in [0.15, 0.2) is 0 Å². The van der Waals surface area contributed by atoms with E-state index in [4.69, 9.17) is 9.90 Å². The highest BCUT2D eigenvalue weighted by Crippen LogP contribution is 2.46. The molecule has 0 aromatic rings. The molecule has 0 unspecified atom stereocenters. The van der Waals surface area contributed by atoms with Gasteiger partial charge in [0.25, 0.3) is 6.47 Å². The highest BCUT2D eigenvalue weighted by Gasteiger charge is 2.47. The number of amides is 1. The van der Waals surface area contributed by atoms with Crippen LogP contribution in [-0.2, 0) is 9.59 Å². The Balaban J connectivity index is 0.000000545. The Hall–Kier alpha value is -0.750. The van der Waals surface area contributed by atoms with E-state index in [0.29, 0.717) is 5.91 Å². The van der Waals surface area contributed by atoms with E-state index in [1.807, 2.05) is 0 Å². The minimum absolute atomic E-state index is 0.0106. The minimum Gasteiger partial charge on any atom is -0.483 e. The Morgan fingerprint density at radius 2 is 1.82 bits per heavy atom. The smallest absolute Gasteiger partial charge is 0.290 e. The summed E-state index contributed by atoms with van der Waals surface area (Å²) in [6.45, 7) is 6.10. The van der Waals surface area contributed by atoms with Crippen molar-refractivity contribution in [1.82, 2.24) is 9.80 Å². The van der Waals surface area contributed by atoms with Gasteiger partial charge in [-0.05, 0) is 43.6 Å². The molecule has 0 radical (unpaired) electrons. The normalized spacial score (nSPS) is 25.6. The molecular weight excluding hydrogens is 300 g/mol. The maximum Gasteiger partial charge on any atom is 0.290 e. The fourth-order valence-corrected chi connectivity index (χ4v) is 4.42. The van der Waals surface area contributed by atoms with E-state index in [0.717, 1.165) is 44.9 Å². The summed E-state index contributed by atoms with van der Waals surface area (Å²) in [6, 6.07) is 0.785. The van der Waals surface area contributed by atoms with Gasteiger partial charge in [-0.15, -0.1) is 0 Å². The minimum atomic E-state index is -0.250. The zero-order chi connectivity index (χ0) is 16.0. The van der Waals surface area contributed by atoms with Gasteiger partial charge in [0.1, 0.15) is 0 Å². The van der Waals surface area contributed by atoms with Crippen molar-refractivity contribution in [3.8, 4) is 0 Å². The van der Waals surface area contributed by atoms with Crippen molar-refractivity contribution >= 4 is 24.1 Å². The first kappa shape index (κ1) is 17.6. The number of rotatable bonds is 2. The highest BCUT2D eigenvalue weighted by atomic mass is 32.2. The number of hydrogen-bond acceptors (Lipinski definition) is 4. The third kappa shape index (κ3) is 4.62. The molecule has 1 N–H and O–H groups in total. The first-order valence-electron chi connectivity index (χ1n) is 8.30. The molecule has 0 atom stereocenters. The molecule has 2 heterocycles. The lowest BCUT2D eigenvalue weighted by atomic mass is 10.1. The molecule has 3 fully saturated rings. The van der Waals surface area contributed by atoms with Crippen molar-refractivity contribution in [3.63, 3.8) is 0 Å². The second-order valence-electron chi connectivity index (χ2n) is 6.69. The molecule has 0 aromatic carbocycles. The molecule has 22 heavy (non-hydrogen) atoms. The fraction of sp³-hybridized carbons (Fsp3) is 0.875. The summed E-state index contributed by atoms with van der Waals surface area (Å²) in [5.41, 5.74) is 0.0106. The summed E-state index contributed by atoms with van der Waals surface area (Å²) in [4.78, 5) is 25.6. The molecule has 126 valence electrons. The predicted octanol–water partition coefficient (Wildman–Crippen LogP) is 1.92. The Kier molecular flexibility index (Phi) is 6.56. The number of nitrogens with zero attached hydrogens (tertiary/aromatic N) is 2. The maximum atomic E-state index is 12.4. The molecule has 2 saturated heterocycles. The zero-order valence-electron chi connectivity index (χ0n) is 13.5. The standard InChI is InChI=1S/C15H26N2OS.CH2O2/c1-15(5-6-15)14(18)17-8-2-7-16(9-10-17)13-3-11-19-12-4-13;2-1-3/h13H,2-12H2,1H3;1H,(H,2,3). The highest BCUT2D eigenvalue weighted by molar-refractivity contribution is 7.99. The van der Waals surface area contributed by atoms with Crippen LogP contribution in [0.2, 0.25) is 0 Å². The van der Waals surface area contributed by atoms with Crippen LogP contribution in [0.25, 0.3) is 0 Å². The van der Waals surface area contributed by atoms with Gasteiger partial charge in [-0.3, -0.25) is 14.5 Å².